The topological polar surface area (TPSA) is 78.4 Å². The lowest BCUT2D eigenvalue weighted by atomic mass is 9.98. The average molecular weight is 380 g/mol. The van der Waals surface area contributed by atoms with Gasteiger partial charge in [0.15, 0.2) is 0 Å². The van der Waals surface area contributed by atoms with Gasteiger partial charge in [0, 0.05) is 24.8 Å². The summed E-state index contributed by atoms with van der Waals surface area (Å²) in [6, 6.07) is 6.34. The third-order valence-electron chi connectivity index (χ3n) is 4.40. The van der Waals surface area contributed by atoms with Gasteiger partial charge < -0.3 is 15.3 Å². The van der Waals surface area contributed by atoms with E-state index >= 15 is 0 Å². The Balaban J connectivity index is 1.78. The van der Waals surface area contributed by atoms with Crippen molar-refractivity contribution in [1.29, 1.82) is 0 Å². The molecule has 0 radical (unpaired) electrons. The molecule has 0 unspecified atom stereocenters. The van der Waals surface area contributed by atoms with Crippen molar-refractivity contribution in [2.45, 2.75) is 25.9 Å². The molecule has 0 spiro atoms. The minimum atomic E-state index is -4.38. The number of piperidine rings is 1. The molecule has 0 amide bonds. The normalized spacial score (nSPS) is 17.6. The number of nitrogens with zero attached hydrogens (tertiary/aromatic N) is 3. The van der Waals surface area contributed by atoms with Gasteiger partial charge in [0.25, 0.3) is 0 Å². The maximum absolute atomic E-state index is 12.7. The molecule has 27 heavy (non-hydrogen) atoms. The Labute approximate surface area is 154 Å². The van der Waals surface area contributed by atoms with Crippen molar-refractivity contribution in [2.75, 3.05) is 23.3 Å². The SMILES string of the molecule is Cc1nc(Nc2ccc(C(F)(F)F)cc2)cc(N2CCC[C@@H](C(=O)O)C2)n1. The summed E-state index contributed by atoms with van der Waals surface area (Å²) < 4.78 is 38.0. The Morgan fingerprint density at radius 2 is 1.96 bits per heavy atom. The van der Waals surface area contributed by atoms with Crippen LogP contribution in [0.4, 0.5) is 30.5 Å². The van der Waals surface area contributed by atoms with Gasteiger partial charge in [0.1, 0.15) is 17.5 Å². The number of anilines is 3. The third-order valence-corrected chi connectivity index (χ3v) is 4.40. The van der Waals surface area contributed by atoms with Crippen molar-refractivity contribution >= 4 is 23.3 Å². The van der Waals surface area contributed by atoms with Gasteiger partial charge in [0.05, 0.1) is 11.5 Å². The number of aryl methyl sites for hydroxylation is 1. The van der Waals surface area contributed by atoms with E-state index in [9.17, 15) is 23.1 Å². The number of hydrogen-bond acceptors (Lipinski definition) is 5. The lowest BCUT2D eigenvalue weighted by Crippen LogP contribution is -2.39. The Bertz CT molecular complexity index is 824. The van der Waals surface area contributed by atoms with Gasteiger partial charge in [0.2, 0.25) is 0 Å². The molecule has 0 aliphatic carbocycles. The highest BCUT2D eigenvalue weighted by Crippen LogP contribution is 2.30. The van der Waals surface area contributed by atoms with Crippen LogP contribution in [0.5, 0.6) is 0 Å². The average Bonchev–Trinajstić information content (AvgIpc) is 2.61. The molecule has 0 saturated carbocycles. The van der Waals surface area contributed by atoms with Crippen LogP contribution < -0.4 is 10.2 Å². The molecule has 1 aliphatic heterocycles. The maximum atomic E-state index is 12.7. The predicted molar refractivity (Wildman–Crippen MR) is 94.1 cm³/mol. The van der Waals surface area contributed by atoms with E-state index in [1.54, 1.807) is 13.0 Å². The third kappa shape index (κ3) is 4.66. The zero-order valence-corrected chi connectivity index (χ0v) is 14.6. The van der Waals surface area contributed by atoms with Gasteiger partial charge in [-0.3, -0.25) is 4.79 Å². The molecule has 6 nitrogen and oxygen atoms in total. The van der Waals surface area contributed by atoms with E-state index in [4.69, 9.17) is 0 Å². The van der Waals surface area contributed by atoms with Gasteiger partial charge in [-0.1, -0.05) is 0 Å². The smallest absolute Gasteiger partial charge is 0.416 e. The van der Waals surface area contributed by atoms with Gasteiger partial charge in [-0.15, -0.1) is 0 Å². The summed E-state index contributed by atoms with van der Waals surface area (Å²) in [5.74, 6) is 0.255. The molecule has 1 aromatic carbocycles. The fourth-order valence-corrected chi connectivity index (χ4v) is 3.06. The quantitative estimate of drug-likeness (QED) is 0.839. The Kier molecular flexibility index (Phi) is 5.20. The van der Waals surface area contributed by atoms with Crippen LogP contribution in [0.1, 0.15) is 24.2 Å². The molecule has 0 bridgehead atoms. The van der Waals surface area contributed by atoms with E-state index < -0.39 is 23.6 Å². The van der Waals surface area contributed by atoms with Gasteiger partial charge in [-0.05, 0) is 44.0 Å². The second kappa shape index (κ2) is 7.42. The van der Waals surface area contributed by atoms with E-state index in [0.29, 0.717) is 42.7 Å². The first-order chi connectivity index (χ1) is 12.7. The molecule has 3 rings (SSSR count). The molecule has 1 aliphatic rings. The van der Waals surface area contributed by atoms with Crippen molar-refractivity contribution in [3.05, 3.63) is 41.7 Å². The number of carboxylic acid groups (broad SMARTS) is 1. The summed E-state index contributed by atoms with van der Waals surface area (Å²) in [5, 5.41) is 12.2. The number of halogens is 3. The number of alkyl halides is 3. The number of hydrogen-bond donors (Lipinski definition) is 2. The van der Waals surface area contributed by atoms with E-state index in [0.717, 1.165) is 18.6 Å². The highest BCUT2D eigenvalue weighted by atomic mass is 19.4. The van der Waals surface area contributed by atoms with Crippen molar-refractivity contribution in [3.63, 3.8) is 0 Å². The second-order valence-electron chi connectivity index (χ2n) is 6.48. The number of aromatic nitrogens is 2. The Hall–Kier alpha value is -2.84. The van der Waals surface area contributed by atoms with Crippen molar-refractivity contribution in [2.24, 2.45) is 5.92 Å². The fourth-order valence-electron chi connectivity index (χ4n) is 3.06. The minimum absolute atomic E-state index is 0.367. The fraction of sp³-hybridized carbons (Fsp3) is 0.389. The lowest BCUT2D eigenvalue weighted by molar-refractivity contribution is -0.142. The van der Waals surface area contributed by atoms with Crippen molar-refractivity contribution < 1.29 is 23.1 Å². The summed E-state index contributed by atoms with van der Waals surface area (Å²) in [4.78, 5) is 21.8. The molecule has 2 heterocycles. The van der Waals surface area contributed by atoms with E-state index in [1.807, 2.05) is 4.90 Å². The lowest BCUT2D eigenvalue weighted by Gasteiger charge is -2.31. The van der Waals surface area contributed by atoms with E-state index in [-0.39, 0.29) is 0 Å². The summed E-state index contributed by atoms with van der Waals surface area (Å²) in [5.41, 5.74) is -0.255. The molecule has 144 valence electrons. The number of carboxylic acids is 1. The van der Waals surface area contributed by atoms with Crippen LogP contribution in [-0.2, 0) is 11.0 Å². The molecule has 9 heteroatoms. The molecular weight excluding hydrogens is 361 g/mol. The largest absolute Gasteiger partial charge is 0.481 e. The first-order valence-corrected chi connectivity index (χ1v) is 8.50. The standard InChI is InChI=1S/C18H19F3N4O2/c1-11-22-15(24-14-6-4-13(5-7-14)18(19,20)21)9-16(23-11)25-8-2-3-12(10-25)17(26)27/h4-7,9,12H,2-3,8,10H2,1H3,(H,26,27)(H,22,23,24)/t12-/m1/s1. The molecule has 1 fully saturated rings. The number of rotatable bonds is 4. The summed E-state index contributed by atoms with van der Waals surface area (Å²) in [7, 11) is 0. The molecular formula is C18H19F3N4O2. The Morgan fingerprint density at radius 1 is 1.26 bits per heavy atom. The highest BCUT2D eigenvalue weighted by molar-refractivity contribution is 5.71. The number of aliphatic carboxylic acids is 1. The van der Waals surface area contributed by atoms with E-state index in [2.05, 4.69) is 15.3 Å². The van der Waals surface area contributed by atoms with Crippen LogP contribution in [0.2, 0.25) is 0 Å². The minimum Gasteiger partial charge on any atom is -0.481 e. The Morgan fingerprint density at radius 3 is 2.59 bits per heavy atom. The zero-order chi connectivity index (χ0) is 19.6. The van der Waals surface area contributed by atoms with Crippen LogP contribution in [0.3, 0.4) is 0 Å². The number of carbonyl (C=O) groups is 1. The maximum Gasteiger partial charge on any atom is 0.416 e. The predicted octanol–water partition coefficient (Wildman–Crippen LogP) is 3.85. The first-order valence-electron chi connectivity index (χ1n) is 8.50. The van der Waals surface area contributed by atoms with Crippen LogP contribution in [-0.4, -0.2) is 34.1 Å². The summed E-state index contributed by atoms with van der Waals surface area (Å²) in [6.45, 7) is 2.77. The zero-order valence-electron chi connectivity index (χ0n) is 14.6. The summed E-state index contributed by atoms with van der Waals surface area (Å²) >= 11 is 0. The number of nitrogens with one attached hydrogen (secondary N) is 1. The highest BCUT2D eigenvalue weighted by Gasteiger charge is 2.30. The molecule has 1 aromatic heterocycles. The van der Waals surface area contributed by atoms with Gasteiger partial charge >= 0.3 is 12.1 Å². The van der Waals surface area contributed by atoms with Crippen LogP contribution in [0.15, 0.2) is 30.3 Å². The first kappa shape index (κ1) is 18.9. The molecule has 1 atom stereocenters. The second-order valence-corrected chi connectivity index (χ2v) is 6.48. The monoisotopic (exact) mass is 380 g/mol. The van der Waals surface area contributed by atoms with Crippen LogP contribution >= 0.6 is 0 Å². The van der Waals surface area contributed by atoms with Gasteiger partial charge in [-0.2, -0.15) is 13.2 Å². The van der Waals surface area contributed by atoms with Gasteiger partial charge in [-0.25, -0.2) is 9.97 Å². The van der Waals surface area contributed by atoms with E-state index in [1.165, 1.54) is 12.1 Å². The number of benzene rings is 1. The molecule has 2 N–H and O–H groups in total. The van der Waals surface area contributed by atoms with Crippen molar-refractivity contribution in [1.82, 2.24) is 9.97 Å². The van der Waals surface area contributed by atoms with Crippen molar-refractivity contribution in [3.8, 4) is 0 Å². The molecule has 2 aromatic rings. The summed E-state index contributed by atoms with van der Waals surface area (Å²) in [6.07, 6.45) is -3.00. The van der Waals surface area contributed by atoms with Crippen LogP contribution in [0, 0.1) is 12.8 Å². The van der Waals surface area contributed by atoms with Crippen LogP contribution in [0.25, 0.3) is 0 Å². The molecule has 1 saturated heterocycles.